The molecule has 35 heavy (non-hydrogen) atoms. The molecule has 0 aliphatic heterocycles. The summed E-state index contributed by atoms with van der Waals surface area (Å²) in [5.41, 5.74) is 0.716. The van der Waals surface area contributed by atoms with Crippen LogP contribution >= 0.6 is 0 Å². The predicted octanol–water partition coefficient (Wildman–Crippen LogP) is 5.52. The summed E-state index contributed by atoms with van der Waals surface area (Å²) in [6, 6.07) is 8.52. The van der Waals surface area contributed by atoms with Crippen molar-refractivity contribution in [2.75, 3.05) is 16.0 Å². The summed E-state index contributed by atoms with van der Waals surface area (Å²) in [6.45, 7) is 8.30. The summed E-state index contributed by atoms with van der Waals surface area (Å²) >= 11 is 0. The van der Waals surface area contributed by atoms with Gasteiger partial charge in [0, 0.05) is 43.3 Å². The Morgan fingerprint density at radius 3 is 2.49 bits per heavy atom. The van der Waals surface area contributed by atoms with Gasteiger partial charge in [0.05, 0.1) is 11.4 Å². The number of hydrogen-bond donors (Lipinski definition) is 3. The maximum absolute atomic E-state index is 14.7. The Labute approximate surface area is 203 Å². The maximum atomic E-state index is 14.7. The summed E-state index contributed by atoms with van der Waals surface area (Å²) in [7, 11) is 0. The van der Waals surface area contributed by atoms with Gasteiger partial charge in [-0.25, -0.2) is 18.9 Å². The summed E-state index contributed by atoms with van der Waals surface area (Å²) in [4.78, 5) is 27.9. The monoisotopic (exact) mass is 480 g/mol. The minimum Gasteiger partial charge on any atom is -0.457 e. The van der Waals surface area contributed by atoms with Crippen LogP contribution in [0.3, 0.4) is 0 Å². The zero-order valence-electron chi connectivity index (χ0n) is 20.2. The summed E-state index contributed by atoms with van der Waals surface area (Å²) in [6.07, 6.45) is 3.78. The zero-order chi connectivity index (χ0) is 25.2. The van der Waals surface area contributed by atoms with Crippen molar-refractivity contribution in [1.82, 2.24) is 14.8 Å². The highest BCUT2D eigenvalue weighted by Crippen LogP contribution is 2.33. The molecule has 1 fully saturated rings. The number of nitrogens with zero attached hydrogens (tertiary/aromatic N) is 3. The second kappa shape index (κ2) is 9.73. The molecule has 10 heteroatoms. The fourth-order valence-electron chi connectivity index (χ4n) is 3.36. The number of rotatable bonds is 7. The van der Waals surface area contributed by atoms with E-state index in [-0.39, 0.29) is 22.8 Å². The van der Waals surface area contributed by atoms with E-state index in [4.69, 9.17) is 4.74 Å². The highest BCUT2D eigenvalue weighted by Gasteiger charge is 2.26. The molecule has 9 nitrogen and oxygen atoms in total. The van der Waals surface area contributed by atoms with E-state index in [1.165, 1.54) is 37.4 Å². The quantitative estimate of drug-likeness (QED) is 0.412. The van der Waals surface area contributed by atoms with E-state index in [2.05, 4.69) is 46.8 Å². The lowest BCUT2D eigenvalue weighted by molar-refractivity contribution is -0.114. The number of nitrogens with one attached hydrogen (secondary N) is 3. The van der Waals surface area contributed by atoms with Crippen LogP contribution in [0.4, 0.5) is 26.5 Å². The van der Waals surface area contributed by atoms with E-state index in [1.807, 2.05) is 10.7 Å². The van der Waals surface area contributed by atoms with Gasteiger partial charge in [0.2, 0.25) is 5.91 Å². The van der Waals surface area contributed by atoms with Gasteiger partial charge in [0.15, 0.2) is 0 Å². The molecule has 1 aromatic carbocycles. The van der Waals surface area contributed by atoms with Crippen LogP contribution in [-0.2, 0) is 16.8 Å². The first-order valence-corrected chi connectivity index (χ1v) is 11.4. The van der Waals surface area contributed by atoms with Gasteiger partial charge in [-0.15, -0.1) is 0 Å². The molecule has 1 aliphatic carbocycles. The standard InChI is InChI=1S/C25H29FN6O3/c1-15(33)28-22-12-18(9-10-27-22)35-17-7-8-20(19(26)11-17)29-24(34)30-23-13-21(25(2,3)4)31-32(23)14-16-5-6-16/h7-13,16H,5-6,14H2,1-4H3,(H,27,28,33)(H2,29,30,34). The Bertz CT molecular complexity index is 1250. The van der Waals surface area contributed by atoms with Crippen molar-refractivity contribution in [2.45, 2.75) is 52.5 Å². The third-order valence-electron chi connectivity index (χ3n) is 5.38. The molecular formula is C25H29FN6O3. The van der Waals surface area contributed by atoms with E-state index in [0.29, 0.717) is 23.3 Å². The van der Waals surface area contributed by atoms with Crippen LogP contribution in [0.25, 0.3) is 0 Å². The average molecular weight is 481 g/mol. The summed E-state index contributed by atoms with van der Waals surface area (Å²) in [5, 5.41) is 12.6. The zero-order valence-corrected chi connectivity index (χ0v) is 20.2. The summed E-state index contributed by atoms with van der Waals surface area (Å²) in [5.74, 6) is 1.15. The van der Waals surface area contributed by atoms with Crippen molar-refractivity contribution in [3.05, 3.63) is 54.1 Å². The predicted molar refractivity (Wildman–Crippen MR) is 131 cm³/mol. The lowest BCUT2D eigenvalue weighted by atomic mass is 9.92. The molecule has 2 aromatic heterocycles. The summed E-state index contributed by atoms with van der Waals surface area (Å²) < 4.78 is 22.2. The molecule has 1 aliphatic rings. The number of carbonyl (C=O) groups excluding carboxylic acids is 2. The van der Waals surface area contributed by atoms with Crippen molar-refractivity contribution >= 4 is 29.3 Å². The number of pyridine rings is 1. The largest absolute Gasteiger partial charge is 0.457 e. The van der Waals surface area contributed by atoms with E-state index in [9.17, 15) is 14.0 Å². The van der Waals surface area contributed by atoms with Crippen molar-refractivity contribution < 1.29 is 18.7 Å². The first-order chi connectivity index (χ1) is 16.6. The van der Waals surface area contributed by atoms with Crippen LogP contribution in [0.15, 0.2) is 42.6 Å². The third-order valence-corrected chi connectivity index (χ3v) is 5.38. The molecule has 0 unspecified atom stereocenters. The molecule has 2 heterocycles. The van der Waals surface area contributed by atoms with E-state index in [0.717, 1.165) is 25.1 Å². The SMILES string of the molecule is CC(=O)Nc1cc(Oc2ccc(NC(=O)Nc3cc(C(C)(C)C)nn3CC3CC3)c(F)c2)ccn1. The highest BCUT2D eigenvalue weighted by molar-refractivity contribution is 5.99. The molecule has 3 aromatic rings. The van der Waals surface area contributed by atoms with Crippen LogP contribution < -0.4 is 20.7 Å². The Hall–Kier alpha value is -3.95. The fourth-order valence-corrected chi connectivity index (χ4v) is 3.36. The lowest BCUT2D eigenvalue weighted by Crippen LogP contribution is -2.22. The highest BCUT2D eigenvalue weighted by atomic mass is 19.1. The lowest BCUT2D eigenvalue weighted by Gasteiger charge is -2.14. The molecule has 3 N–H and O–H groups in total. The van der Waals surface area contributed by atoms with Gasteiger partial charge in [-0.3, -0.25) is 10.1 Å². The second-order valence-corrected chi connectivity index (χ2v) is 9.67. The fraction of sp³-hybridized carbons (Fsp3) is 0.360. The van der Waals surface area contributed by atoms with Crippen molar-refractivity contribution in [3.8, 4) is 11.5 Å². The van der Waals surface area contributed by atoms with E-state index < -0.39 is 11.8 Å². The molecule has 4 rings (SSSR count). The molecule has 184 valence electrons. The number of amides is 3. The number of benzene rings is 1. The number of carbonyl (C=O) groups is 2. The number of halogens is 1. The average Bonchev–Trinajstić information content (AvgIpc) is 3.48. The van der Waals surface area contributed by atoms with Crippen molar-refractivity contribution in [1.29, 1.82) is 0 Å². The normalized spacial score (nSPS) is 13.3. The van der Waals surface area contributed by atoms with Crippen LogP contribution in [-0.4, -0.2) is 26.7 Å². The Kier molecular flexibility index (Phi) is 6.72. The topological polar surface area (TPSA) is 110 Å². The molecule has 3 amide bonds. The van der Waals surface area contributed by atoms with Crippen molar-refractivity contribution in [2.24, 2.45) is 5.92 Å². The molecular weight excluding hydrogens is 451 g/mol. The number of urea groups is 1. The first-order valence-electron chi connectivity index (χ1n) is 11.4. The molecule has 0 spiro atoms. The van der Waals surface area contributed by atoms with Gasteiger partial charge in [0.1, 0.15) is 29.0 Å². The van der Waals surface area contributed by atoms with Gasteiger partial charge in [-0.2, -0.15) is 5.10 Å². The molecule has 0 atom stereocenters. The second-order valence-electron chi connectivity index (χ2n) is 9.67. The molecule has 0 bridgehead atoms. The van der Waals surface area contributed by atoms with Crippen LogP contribution in [0.5, 0.6) is 11.5 Å². The number of anilines is 3. The smallest absolute Gasteiger partial charge is 0.324 e. The van der Waals surface area contributed by atoms with Crippen LogP contribution in [0, 0.1) is 11.7 Å². The van der Waals surface area contributed by atoms with Gasteiger partial charge in [0.25, 0.3) is 0 Å². The van der Waals surface area contributed by atoms with Gasteiger partial charge in [-0.05, 0) is 37.0 Å². The number of hydrogen-bond acceptors (Lipinski definition) is 5. The first kappa shape index (κ1) is 24.2. The van der Waals surface area contributed by atoms with E-state index in [1.54, 1.807) is 6.07 Å². The maximum Gasteiger partial charge on any atom is 0.324 e. The Balaban J connectivity index is 1.42. The Morgan fingerprint density at radius 1 is 1.09 bits per heavy atom. The molecule has 0 saturated heterocycles. The number of ether oxygens (including phenoxy) is 1. The Morgan fingerprint density at radius 2 is 1.83 bits per heavy atom. The molecule has 1 saturated carbocycles. The van der Waals surface area contributed by atoms with Gasteiger partial charge >= 0.3 is 6.03 Å². The molecule has 0 radical (unpaired) electrons. The number of aromatic nitrogens is 3. The van der Waals surface area contributed by atoms with Crippen LogP contribution in [0.2, 0.25) is 0 Å². The van der Waals surface area contributed by atoms with Crippen molar-refractivity contribution in [3.63, 3.8) is 0 Å². The van der Waals surface area contributed by atoms with Gasteiger partial charge < -0.3 is 15.4 Å². The van der Waals surface area contributed by atoms with Crippen LogP contribution in [0.1, 0.15) is 46.2 Å². The third kappa shape index (κ3) is 6.56. The minimum atomic E-state index is -0.657. The van der Waals surface area contributed by atoms with Gasteiger partial charge in [-0.1, -0.05) is 20.8 Å². The minimum absolute atomic E-state index is 0.00724. The van der Waals surface area contributed by atoms with E-state index >= 15 is 0 Å².